The zero-order chi connectivity index (χ0) is 27.4. The van der Waals surface area contributed by atoms with Crippen molar-refractivity contribution >= 4 is 21.6 Å². The van der Waals surface area contributed by atoms with Gasteiger partial charge >= 0.3 is 0 Å². The third-order valence-electron chi connectivity index (χ3n) is 6.83. The van der Waals surface area contributed by atoms with Crippen LogP contribution in [0.1, 0.15) is 5.56 Å². The Morgan fingerprint density at radius 3 is 2.31 bits per heavy atom. The normalized spacial score (nSPS) is 15.2. The average molecular weight is 554 g/mol. The number of amides is 1. The molecule has 0 aliphatic carbocycles. The predicted molar refractivity (Wildman–Crippen MR) is 145 cm³/mol. The number of hydrogen-bond donors (Lipinski definition) is 0. The summed E-state index contributed by atoms with van der Waals surface area (Å²) in [6.07, 6.45) is 0. The first kappa shape index (κ1) is 26.6. The highest BCUT2D eigenvalue weighted by atomic mass is 32.2. The van der Waals surface area contributed by atoms with Gasteiger partial charge < -0.3 is 23.8 Å². The van der Waals surface area contributed by atoms with Crippen molar-refractivity contribution in [1.82, 2.24) is 9.80 Å². The van der Waals surface area contributed by atoms with E-state index in [2.05, 4.69) is 4.90 Å². The lowest BCUT2D eigenvalue weighted by Crippen LogP contribution is -2.51. The van der Waals surface area contributed by atoms with Gasteiger partial charge in [0, 0.05) is 38.8 Å². The molecule has 0 aromatic heterocycles. The number of anilines is 1. The van der Waals surface area contributed by atoms with Crippen LogP contribution in [-0.2, 0) is 21.4 Å². The van der Waals surface area contributed by atoms with Crippen LogP contribution in [0.5, 0.6) is 23.0 Å². The van der Waals surface area contributed by atoms with E-state index in [-0.39, 0.29) is 24.1 Å². The molecule has 3 aromatic carbocycles. The van der Waals surface area contributed by atoms with E-state index in [1.165, 1.54) is 26.4 Å². The van der Waals surface area contributed by atoms with Gasteiger partial charge in [0.25, 0.3) is 10.0 Å². The number of fused-ring (bicyclic) bond motifs is 1. The van der Waals surface area contributed by atoms with Crippen molar-refractivity contribution in [2.75, 3.05) is 58.0 Å². The maximum Gasteiger partial charge on any atom is 0.264 e. The SMILES string of the molecule is COc1ccc(N(CC(=O)N2CCN(Cc3ccc4c(c3)OCO4)CC2)S(=O)(=O)c2ccccc2)cc1OC. The van der Waals surface area contributed by atoms with Crippen molar-refractivity contribution in [3.8, 4) is 23.0 Å². The van der Waals surface area contributed by atoms with Crippen LogP contribution >= 0.6 is 0 Å². The Balaban J connectivity index is 1.30. The van der Waals surface area contributed by atoms with Gasteiger partial charge in [0.15, 0.2) is 23.0 Å². The van der Waals surface area contributed by atoms with E-state index in [9.17, 15) is 13.2 Å². The van der Waals surface area contributed by atoms with Crippen molar-refractivity contribution in [3.05, 3.63) is 72.3 Å². The minimum atomic E-state index is -4.03. The van der Waals surface area contributed by atoms with Gasteiger partial charge in [-0.3, -0.25) is 14.0 Å². The fourth-order valence-electron chi connectivity index (χ4n) is 4.69. The fraction of sp³-hybridized carbons (Fsp3) is 0.321. The van der Waals surface area contributed by atoms with Crippen LogP contribution in [0.4, 0.5) is 5.69 Å². The molecule has 10 nitrogen and oxygen atoms in total. The summed E-state index contributed by atoms with van der Waals surface area (Å²) in [7, 11) is -1.05. The van der Waals surface area contributed by atoms with E-state index < -0.39 is 10.0 Å². The van der Waals surface area contributed by atoms with Gasteiger partial charge in [0.05, 0.1) is 24.8 Å². The van der Waals surface area contributed by atoms with Crippen LogP contribution < -0.4 is 23.3 Å². The number of methoxy groups -OCH3 is 2. The number of piperazine rings is 1. The minimum Gasteiger partial charge on any atom is -0.493 e. The highest BCUT2D eigenvalue weighted by Gasteiger charge is 2.31. The number of sulfonamides is 1. The van der Waals surface area contributed by atoms with Gasteiger partial charge in [-0.2, -0.15) is 0 Å². The van der Waals surface area contributed by atoms with E-state index in [1.807, 2.05) is 18.2 Å². The Kier molecular flexibility index (Phi) is 7.80. The van der Waals surface area contributed by atoms with Crippen LogP contribution in [-0.4, -0.2) is 77.9 Å². The predicted octanol–water partition coefficient (Wildman–Crippen LogP) is 2.97. The van der Waals surface area contributed by atoms with E-state index in [0.717, 1.165) is 27.9 Å². The Morgan fingerprint density at radius 1 is 0.872 bits per heavy atom. The first-order chi connectivity index (χ1) is 18.9. The second kappa shape index (κ2) is 11.4. The minimum absolute atomic E-state index is 0.0983. The lowest BCUT2D eigenvalue weighted by Gasteiger charge is -2.36. The quantitative estimate of drug-likeness (QED) is 0.399. The summed E-state index contributed by atoms with van der Waals surface area (Å²) in [5, 5.41) is 0. The zero-order valence-corrected chi connectivity index (χ0v) is 22.7. The third-order valence-corrected chi connectivity index (χ3v) is 8.62. The second-order valence-electron chi connectivity index (χ2n) is 9.21. The van der Waals surface area contributed by atoms with E-state index in [4.69, 9.17) is 18.9 Å². The molecular weight excluding hydrogens is 522 g/mol. The van der Waals surface area contributed by atoms with E-state index in [1.54, 1.807) is 41.3 Å². The summed E-state index contributed by atoms with van der Waals surface area (Å²) in [5.74, 6) is 2.05. The Morgan fingerprint density at radius 2 is 1.59 bits per heavy atom. The van der Waals surface area contributed by atoms with Crippen molar-refractivity contribution in [3.63, 3.8) is 0 Å². The van der Waals surface area contributed by atoms with Crippen molar-refractivity contribution in [2.45, 2.75) is 11.4 Å². The fourth-order valence-corrected chi connectivity index (χ4v) is 6.12. The molecule has 0 unspecified atom stereocenters. The second-order valence-corrected chi connectivity index (χ2v) is 11.1. The molecule has 0 saturated carbocycles. The van der Waals surface area contributed by atoms with Gasteiger partial charge in [0.2, 0.25) is 12.7 Å². The molecule has 2 aliphatic rings. The molecule has 3 aromatic rings. The van der Waals surface area contributed by atoms with Crippen LogP contribution in [0.15, 0.2) is 71.6 Å². The standard InChI is InChI=1S/C28H31N3O7S/c1-35-24-11-9-22(17-26(24)36-2)31(39(33,34)23-6-4-3-5-7-23)19-28(32)30-14-12-29(13-15-30)18-21-8-10-25-27(16-21)38-20-37-25/h3-11,16-17H,12-15,18-20H2,1-2H3. The number of ether oxygens (including phenoxy) is 4. The summed E-state index contributed by atoms with van der Waals surface area (Å²) >= 11 is 0. The molecule has 0 bridgehead atoms. The van der Waals surface area contributed by atoms with Crippen molar-refractivity contribution in [1.29, 1.82) is 0 Å². The number of carbonyl (C=O) groups excluding carboxylic acids is 1. The number of benzene rings is 3. The number of hydrogen-bond acceptors (Lipinski definition) is 8. The molecule has 0 atom stereocenters. The zero-order valence-electron chi connectivity index (χ0n) is 21.9. The Bertz CT molecular complexity index is 1420. The third kappa shape index (κ3) is 5.74. The Hall–Kier alpha value is -3.96. The number of nitrogens with zero attached hydrogens (tertiary/aromatic N) is 3. The highest BCUT2D eigenvalue weighted by Crippen LogP contribution is 2.34. The van der Waals surface area contributed by atoms with Crippen LogP contribution in [0.2, 0.25) is 0 Å². The lowest BCUT2D eigenvalue weighted by atomic mass is 10.1. The molecule has 39 heavy (non-hydrogen) atoms. The summed E-state index contributed by atoms with van der Waals surface area (Å²) < 4.78 is 50.1. The molecule has 1 fully saturated rings. The monoisotopic (exact) mass is 553 g/mol. The van der Waals surface area contributed by atoms with Crippen molar-refractivity contribution in [2.24, 2.45) is 0 Å². The Labute approximate surface area is 228 Å². The maximum absolute atomic E-state index is 13.7. The van der Waals surface area contributed by atoms with Gasteiger partial charge in [-0.25, -0.2) is 8.42 Å². The summed E-state index contributed by atoms with van der Waals surface area (Å²) in [4.78, 5) is 17.5. The number of carbonyl (C=O) groups is 1. The van der Waals surface area contributed by atoms with Crippen LogP contribution in [0, 0.1) is 0 Å². The van der Waals surface area contributed by atoms with Crippen molar-refractivity contribution < 1.29 is 32.2 Å². The lowest BCUT2D eigenvalue weighted by molar-refractivity contribution is -0.131. The van der Waals surface area contributed by atoms with Gasteiger partial charge in [-0.1, -0.05) is 24.3 Å². The van der Waals surface area contributed by atoms with Gasteiger partial charge in [-0.15, -0.1) is 0 Å². The topological polar surface area (TPSA) is 97.9 Å². The molecule has 5 rings (SSSR count). The van der Waals surface area contributed by atoms with Gasteiger partial charge in [0.1, 0.15) is 6.54 Å². The largest absolute Gasteiger partial charge is 0.493 e. The molecule has 2 heterocycles. The molecule has 206 valence electrons. The molecule has 2 aliphatic heterocycles. The molecule has 0 radical (unpaired) electrons. The van der Waals surface area contributed by atoms with E-state index in [0.29, 0.717) is 43.4 Å². The van der Waals surface area contributed by atoms with Crippen LogP contribution in [0.25, 0.3) is 0 Å². The van der Waals surface area contributed by atoms with Gasteiger partial charge in [-0.05, 0) is 42.0 Å². The maximum atomic E-state index is 13.7. The first-order valence-electron chi connectivity index (χ1n) is 12.6. The molecular formula is C28H31N3O7S. The molecule has 1 amide bonds. The smallest absolute Gasteiger partial charge is 0.264 e. The summed E-state index contributed by atoms with van der Waals surface area (Å²) in [5.41, 5.74) is 1.42. The average Bonchev–Trinajstić information content (AvgIpc) is 3.44. The molecule has 0 spiro atoms. The highest BCUT2D eigenvalue weighted by molar-refractivity contribution is 7.92. The molecule has 0 N–H and O–H groups in total. The van der Waals surface area contributed by atoms with Crippen LogP contribution in [0.3, 0.4) is 0 Å². The molecule has 1 saturated heterocycles. The summed E-state index contributed by atoms with van der Waals surface area (Å²) in [6.45, 7) is 2.95. The summed E-state index contributed by atoms with van der Waals surface area (Å²) in [6, 6.07) is 18.8. The first-order valence-corrected chi connectivity index (χ1v) is 14.0. The molecule has 11 heteroatoms. The van der Waals surface area contributed by atoms with E-state index >= 15 is 0 Å². The number of rotatable bonds is 9.